The lowest BCUT2D eigenvalue weighted by atomic mass is 9.94. The van der Waals surface area contributed by atoms with Crippen LogP contribution in [0.3, 0.4) is 0 Å². The molecule has 0 aliphatic carbocycles. The molecule has 1 amide bonds. The van der Waals surface area contributed by atoms with Crippen LogP contribution in [0, 0.1) is 37.3 Å². The zero-order chi connectivity index (χ0) is 30.3. The lowest BCUT2D eigenvalue weighted by Gasteiger charge is -2.31. The number of ether oxygens (including phenoxy) is 1. The summed E-state index contributed by atoms with van der Waals surface area (Å²) in [6.07, 6.45) is -0.489. The number of nitrogens with zero attached hydrogens (tertiary/aromatic N) is 3. The highest BCUT2D eigenvalue weighted by Gasteiger charge is 2.37. The fraction of sp³-hybridized carbons (Fsp3) is 0.304. The summed E-state index contributed by atoms with van der Waals surface area (Å²) in [5.74, 6) is -1.16. The second-order valence-electron chi connectivity index (χ2n) is 8.63. The summed E-state index contributed by atoms with van der Waals surface area (Å²) >= 11 is 5.95. The fourth-order valence-electron chi connectivity index (χ4n) is 4.09. The van der Waals surface area contributed by atoms with Crippen LogP contribution in [0.5, 0.6) is 5.75 Å². The average Bonchev–Trinajstić information content (AvgIpc) is 3.23. The van der Waals surface area contributed by atoms with E-state index in [4.69, 9.17) is 16.3 Å². The Morgan fingerprint density at radius 2 is 1.46 bits per heavy atom. The van der Waals surface area contributed by atoms with Crippen molar-refractivity contribution in [2.24, 2.45) is 0 Å². The van der Waals surface area contributed by atoms with Gasteiger partial charge >= 0.3 is 0 Å². The Kier molecular flexibility index (Phi) is 9.46. The number of H-pyrrole nitrogens is 1. The molecule has 0 radical (unpaired) electrons. The first-order chi connectivity index (χ1) is 19.4. The third-order valence-corrected chi connectivity index (χ3v) is 6.13. The third kappa shape index (κ3) is 7.47. The van der Waals surface area contributed by atoms with E-state index >= 15 is 0 Å². The van der Waals surface area contributed by atoms with Gasteiger partial charge in [-0.2, -0.15) is 0 Å². The Hall–Kier alpha value is -5.19. The van der Waals surface area contributed by atoms with Crippen molar-refractivity contribution in [3.63, 3.8) is 0 Å². The summed E-state index contributed by atoms with van der Waals surface area (Å²) in [6, 6.07) is 9.29. The van der Waals surface area contributed by atoms with E-state index in [0.717, 1.165) is 0 Å². The van der Waals surface area contributed by atoms with Crippen molar-refractivity contribution < 1.29 is 44.1 Å². The molecule has 1 aromatic heterocycles. The lowest BCUT2D eigenvalue weighted by Crippen LogP contribution is -2.59. The predicted molar refractivity (Wildman–Crippen MR) is 138 cm³/mol. The van der Waals surface area contributed by atoms with Gasteiger partial charge in [-0.3, -0.25) is 9.59 Å². The van der Waals surface area contributed by atoms with Gasteiger partial charge in [0.2, 0.25) is 5.91 Å². The van der Waals surface area contributed by atoms with Crippen LogP contribution in [-0.4, -0.2) is 64.4 Å². The highest BCUT2D eigenvalue weighted by Crippen LogP contribution is 2.34. The molecule has 0 aliphatic rings. The van der Waals surface area contributed by atoms with Gasteiger partial charge in [-0.25, -0.2) is 0 Å². The molecule has 3 rings (SSSR count). The van der Waals surface area contributed by atoms with E-state index in [1.807, 2.05) is 0 Å². The molecule has 0 fully saturated rings. The second-order valence-corrected chi connectivity index (χ2v) is 9.06. The highest BCUT2D eigenvalue weighted by molar-refractivity contribution is 6.30. The zero-order valence-electron chi connectivity index (χ0n) is 21.4. The number of aryl methyl sites for hydroxylation is 1. The van der Waals surface area contributed by atoms with Crippen LogP contribution in [0.1, 0.15) is 27.2 Å². The lowest BCUT2D eigenvalue weighted by molar-refractivity contribution is -0.778. The number of carbonyl (C=O) groups excluding carboxylic acids is 2. The molecule has 0 aliphatic heterocycles. The minimum atomic E-state index is -2.23. The van der Waals surface area contributed by atoms with E-state index in [1.165, 1.54) is 31.4 Å². The predicted octanol–water partition coefficient (Wildman–Crippen LogP) is 2.39. The van der Waals surface area contributed by atoms with Gasteiger partial charge in [0.25, 0.3) is 15.3 Å². The molecule has 18 heteroatoms. The molecule has 218 valence electrons. The number of aromatic nitrogens is 1. The maximum absolute atomic E-state index is 13.6. The summed E-state index contributed by atoms with van der Waals surface area (Å²) < 4.78 is 5.43. The fourth-order valence-corrected chi connectivity index (χ4v) is 4.22. The Morgan fingerprint density at radius 1 is 0.927 bits per heavy atom. The molecule has 0 saturated heterocycles. The van der Waals surface area contributed by atoms with Gasteiger partial charge in [0, 0.05) is 27.2 Å². The van der Waals surface area contributed by atoms with Crippen LogP contribution in [-0.2, 0) is 25.7 Å². The van der Waals surface area contributed by atoms with Crippen LogP contribution in [0.4, 0.5) is 0 Å². The normalized spacial score (nSPS) is 11.0. The number of carbonyl (C=O) groups is 2. The number of hydrogen-bond acceptors (Lipinski definition) is 12. The number of ketones is 1. The first-order valence-corrected chi connectivity index (χ1v) is 11.8. The van der Waals surface area contributed by atoms with Gasteiger partial charge in [0.05, 0.1) is 19.1 Å². The van der Waals surface area contributed by atoms with E-state index in [9.17, 15) is 39.9 Å². The zero-order valence-corrected chi connectivity index (χ0v) is 22.2. The SMILES string of the molecule is COc1ccc2[nH]c(C)c(CC(=O)NC(CO[N+](=O)[O-])(CO[N+](=O)[O-])CO[N+](=O)[O-])c2c1C(=O)c1ccc(Cl)cc1. The van der Waals surface area contributed by atoms with Crippen molar-refractivity contribution in [1.29, 1.82) is 0 Å². The van der Waals surface area contributed by atoms with E-state index < -0.39 is 58.7 Å². The molecule has 0 atom stereocenters. The molecular formula is C23H22ClN5O12. The molecule has 2 aromatic carbocycles. The Balaban J connectivity index is 2.05. The van der Waals surface area contributed by atoms with E-state index in [0.29, 0.717) is 27.2 Å². The monoisotopic (exact) mass is 595 g/mol. The number of methoxy groups -OCH3 is 1. The number of amides is 1. The van der Waals surface area contributed by atoms with Crippen LogP contribution in [0.15, 0.2) is 36.4 Å². The highest BCUT2D eigenvalue weighted by atomic mass is 35.5. The topological polar surface area (TPSA) is 228 Å². The van der Waals surface area contributed by atoms with Gasteiger partial charge < -0.3 is 29.6 Å². The van der Waals surface area contributed by atoms with Crippen LogP contribution < -0.4 is 10.1 Å². The summed E-state index contributed by atoms with van der Waals surface area (Å²) in [4.78, 5) is 75.2. The van der Waals surface area contributed by atoms with E-state index in [1.54, 1.807) is 19.1 Å². The van der Waals surface area contributed by atoms with Gasteiger partial charge in [0.1, 0.15) is 31.1 Å². The van der Waals surface area contributed by atoms with Crippen molar-refractivity contribution in [2.45, 2.75) is 18.9 Å². The number of rotatable bonds is 15. The number of benzene rings is 2. The maximum Gasteiger partial charge on any atom is 0.294 e. The quantitative estimate of drug-likeness (QED) is 0.146. The van der Waals surface area contributed by atoms with Gasteiger partial charge in [-0.05, 0) is 48.9 Å². The molecule has 17 nitrogen and oxygen atoms in total. The smallest absolute Gasteiger partial charge is 0.294 e. The van der Waals surface area contributed by atoms with Crippen LogP contribution in [0.25, 0.3) is 10.9 Å². The number of halogens is 1. The van der Waals surface area contributed by atoms with Gasteiger partial charge in [-0.1, -0.05) is 11.6 Å². The maximum atomic E-state index is 13.6. The largest absolute Gasteiger partial charge is 0.496 e. The number of hydrogen-bond donors (Lipinski definition) is 2. The van der Waals surface area contributed by atoms with Crippen molar-refractivity contribution in [3.05, 3.63) is 94.1 Å². The molecule has 0 unspecified atom stereocenters. The third-order valence-electron chi connectivity index (χ3n) is 5.88. The van der Waals surface area contributed by atoms with Crippen LogP contribution in [0.2, 0.25) is 5.02 Å². The first kappa shape index (κ1) is 30.4. The minimum Gasteiger partial charge on any atom is -0.496 e. The van der Waals surface area contributed by atoms with E-state index in [-0.39, 0.29) is 16.9 Å². The summed E-state index contributed by atoms with van der Waals surface area (Å²) in [6.45, 7) is -1.64. The van der Waals surface area contributed by atoms with Crippen molar-refractivity contribution >= 4 is 34.2 Å². The number of fused-ring (bicyclic) bond motifs is 1. The Bertz CT molecular complexity index is 1440. The molecule has 3 aromatic rings. The van der Waals surface area contributed by atoms with Crippen molar-refractivity contribution in [1.82, 2.24) is 10.3 Å². The molecule has 41 heavy (non-hydrogen) atoms. The van der Waals surface area contributed by atoms with Crippen molar-refractivity contribution in [3.8, 4) is 5.75 Å². The molecule has 0 spiro atoms. The Labute approximate surface area is 234 Å². The second kappa shape index (κ2) is 12.8. The summed E-state index contributed by atoms with van der Waals surface area (Å²) in [5, 5.41) is 31.7. The standard InChI is InChI=1S/C23H22ClN5O12/c1-13-16(9-19(30)26-23(10-39-27(32)33,11-40-28(34)35)12-41-29(36)37)20-17(25-13)7-8-18(38-2)21(20)22(31)14-3-5-15(24)6-4-14/h3-8,25H,9-12H2,1-2H3,(H,26,30). The molecular weight excluding hydrogens is 574 g/mol. The van der Waals surface area contributed by atoms with Gasteiger partial charge in [0.15, 0.2) is 5.78 Å². The molecule has 1 heterocycles. The van der Waals surface area contributed by atoms with Crippen molar-refractivity contribution in [2.75, 3.05) is 26.9 Å². The van der Waals surface area contributed by atoms with Crippen LogP contribution >= 0.6 is 11.6 Å². The van der Waals surface area contributed by atoms with Gasteiger partial charge in [-0.15, -0.1) is 30.3 Å². The molecule has 2 N–H and O–H groups in total. The minimum absolute atomic E-state index is 0.121. The average molecular weight is 596 g/mol. The summed E-state index contributed by atoms with van der Waals surface area (Å²) in [5.41, 5.74) is -0.592. The summed E-state index contributed by atoms with van der Waals surface area (Å²) in [7, 11) is 1.36. The first-order valence-electron chi connectivity index (χ1n) is 11.5. The Morgan fingerprint density at radius 3 is 1.95 bits per heavy atom. The number of aromatic amines is 1. The van der Waals surface area contributed by atoms with E-state index in [2.05, 4.69) is 24.8 Å². The molecule has 0 saturated carbocycles. The number of nitrogens with one attached hydrogen (secondary N) is 2. The molecule has 0 bridgehead atoms.